The molecule has 3 aliphatic heterocycles. The fraction of sp³-hybridized carbons (Fsp3) is 0.438. The Morgan fingerprint density at radius 1 is 1.26 bits per heavy atom. The third-order valence-corrected chi connectivity index (χ3v) is 7.11. The Bertz CT molecular complexity index is 876. The molecule has 6 nitrogen and oxygen atoms in total. The smallest absolute Gasteiger partial charge is 0.279 e. The number of rotatable bonds is 1. The molecule has 1 aromatic heterocycles. The maximum atomic E-state index is 12.0. The maximum absolute atomic E-state index is 12.0. The molecular formula is C16H18N4O2S. The standard InChI is InChI=1S/C16H18N4O2S/c21-23(22)18-8-12-7-11(5-6-20(12)23)16-14-4-2-1-3-13(14)15-9-17-10-19(15)16/h1-4,9-12,16,18H,5-8H2. The zero-order valence-corrected chi connectivity index (χ0v) is 13.4. The lowest BCUT2D eigenvalue weighted by atomic mass is 9.83. The number of imidazole rings is 1. The largest absolute Gasteiger partial charge is 0.323 e. The molecule has 0 saturated carbocycles. The SMILES string of the molecule is O=S1(=O)NCC2CC(C3c4ccccc4-c4cncn43)CCN21. The van der Waals surface area contributed by atoms with Gasteiger partial charge < -0.3 is 4.57 Å². The summed E-state index contributed by atoms with van der Waals surface area (Å²) in [6.07, 6.45) is 5.61. The second kappa shape index (κ2) is 4.66. The molecule has 0 amide bonds. The highest BCUT2D eigenvalue weighted by atomic mass is 32.2. The van der Waals surface area contributed by atoms with E-state index >= 15 is 0 Å². The van der Waals surface area contributed by atoms with Crippen molar-refractivity contribution in [1.29, 1.82) is 0 Å². The van der Waals surface area contributed by atoms with Gasteiger partial charge in [-0.05, 0) is 24.3 Å². The molecule has 3 aliphatic rings. The van der Waals surface area contributed by atoms with Crippen LogP contribution in [0.2, 0.25) is 0 Å². The van der Waals surface area contributed by atoms with Gasteiger partial charge in [-0.15, -0.1) is 0 Å². The van der Waals surface area contributed by atoms with Crippen molar-refractivity contribution >= 4 is 10.2 Å². The van der Waals surface area contributed by atoms with Gasteiger partial charge in [0, 0.05) is 24.7 Å². The zero-order chi connectivity index (χ0) is 15.6. The number of aromatic nitrogens is 2. The molecular weight excluding hydrogens is 312 g/mol. The summed E-state index contributed by atoms with van der Waals surface area (Å²) in [7, 11) is -3.24. The Morgan fingerprint density at radius 2 is 2.13 bits per heavy atom. The van der Waals surface area contributed by atoms with Crippen LogP contribution in [0.25, 0.3) is 11.3 Å². The fourth-order valence-electron chi connectivity index (χ4n) is 4.49. The average Bonchev–Trinajstić information content (AvgIpc) is 3.20. The number of hydrogen-bond donors (Lipinski definition) is 1. The molecule has 1 aromatic carbocycles. The molecule has 0 radical (unpaired) electrons. The second-order valence-electron chi connectivity index (χ2n) is 6.62. The maximum Gasteiger partial charge on any atom is 0.279 e. The summed E-state index contributed by atoms with van der Waals surface area (Å²) < 4.78 is 30.5. The normalized spacial score (nSPS) is 31.6. The highest BCUT2D eigenvalue weighted by Gasteiger charge is 2.45. The van der Waals surface area contributed by atoms with E-state index in [1.165, 1.54) is 16.8 Å². The first-order valence-electron chi connectivity index (χ1n) is 8.03. The van der Waals surface area contributed by atoms with E-state index in [2.05, 4.69) is 38.5 Å². The van der Waals surface area contributed by atoms with Crippen molar-refractivity contribution in [1.82, 2.24) is 18.6 Å². The predicted molar refractivity (Wildman–Crippen MR) is 85.9 cm³/mol. The van der Waals surface area contributed by atoms with Gasteiger partial charge in [-0.2, -0.15) is 12.7 Å². The molecule has 0 aliphatic carbocycles. The number of fused-ring (bicyclic) bond motifs is 4. The van der Waals surface area contributed by atoms with Crippen LogP contribution in [0.15, 0.2) is 36.8 Å². The quantitative estimate of drug-likeness (QED) is 0.859. The molecule has 2 aromatic rings. The molecule has 5 rings (SSSR count). The minimum absolute atomic E-state index is 0.0819. The van der Waals surface area contributed by atoms with Crippen molar-refractivity contribution in [3.8, 4) is 11.3 Å². The van der Waals surface area contributed by atoms with E-state index in [9.17, 15) is 8.42 Å². The highest BCUT2D eigenvalue weighted by Crippen LogP contribution is 2.46. The van der Waals surface area contributed by atoms with Gasteiger partial charge in [0.25, 0.3) is 10.2 Å². The summed E-state index contributed by atoms with van der Waals surface area (Å²) in [5, 5.41) is 0. The fourth-order valence-corrected chi connectivity index (χ4v) is 5.95. The van der Waals surface area contributed by atoms with E-state index in [1.807, 2.05) is 12.5 Å². The van der Waals surface area contributed by atoms with Crippen molar-refractivity contribution in [2.24, 2.45) is 5.92 Å². The summed E-state index contributed by atoms with van der Waals surface area (Å²) in [6, 6.07) is 8.85. The molecule has 4 heterocycles. The van der Waals surface area contributed by atoms with Gasteiger partial charge in [-0.1, -0.05) is 24.3 Å². The lowest BCUT2D eigenvalue weighted by Gasteiger charge is -2.36. The van der Waals surface area contributed by atoms with Crippen LogP contribution in [0.4, 0.5) is 0 Å². The monoisotopic (exact) mass is 330 g/mol. The molecule has 3 atom stereocenters. The van der Waals surface area contributed by atoms with Crippen LogP contribution >= 0.6 is 0 Å². The summed E-state index contributed by atoms with van der Waals surface area (Å²) >= 11 is 0. The van der Waals surface area contributed by atoms with Crippen LogP contribution in [-0.2, 0) is 10.2 Å². The van der Waals surface area contributed by atoms with Gasteiger partial charge >= 0.3 is 0 Å². The first-order valence-corrected chi connectivity index (χ1v) is 9.47. The van der Waals surface area contributed by atoms with Crippen LogP contribution < -0.4 is 4.72 Å². The molecule has 120 valence electrons. The number of hydrogen-bond acceptors (Lipinski definition) is 3. The van der Waals surface area contributed by atoms with Crippen molar-refractivity contribution in [2.75, 3.05) is 13.1 Å². The van der Waals surface area contributed by atoms with Crippen LogP contribution in [0, 0.1) is 5.92 Å². The molecule has 3 unspecified atom stereocenters. The Balaban J connectivity index is 1.52. The summed E-state index contributed by atoms with van der Waals surface area (Å²) in [6.45, 7) is 1.14. The zero-order valence-electron chi connectivity index (χ0n) is 12.6. The topological polar surface area (TPSA) is 67.2 Å². The molecule has 0 spiro atoms. The minimum atomic E-state index is -3.24. The summed E-state index contributed by atoms with van der Waals surface area (Å²) in [5.74, 6) is 0.433. The Kier molecular flexibility index (Phi) is 2.78. The van der Waals surface area contributed by atoms with Crippen molar-refractivity contribution < 1.29 is 8.42 Å². The van der Waals surface area contributed by atoms with E-state index in [4.69, 9.17) is 0 Å². The highest BCUT2D eigenvalue weighted by molar-refractivity contribution is 7.87. The second-order valence-corrected chi connectivity index (χ2v) is 8.33. The first kappa shape index (κ1) is 13.7. The Labute approximate surface area is 135 Å². The third kappa shape index (κ3) is 1.87. The lowest BCUT2D eigenvalue weighted by Crippen LogP contribution is -2.43. The van der Waals surface area contributed by atoms with Gasteiger partial charge in [0.15, 0.2) is 0 Å². The van der Waals surface area contributed by atoms with E-state index in [1.54, 1.807) is 4.31 Å². The van der Waals surface area contributed by atoms with Gasteiger partial charge in [0.05, 0.1) is 24.3 Å². The molecule has 23 heavy (non-hydrogen) atoms. The molecule has 1 N–H and O–H groups in total. The van der Waals surface area contributed by atoms with E-state index in [0.29, 0.717) is 19.0 Å². The van der Waals surface area contributed by atoms with Crippen molar-refractivity contribution in [3.05, 3.63) is 42.4 Å². The predicted octanol–water partition coefficient (Wildman–Crippen LogP) is 1.38. The van der Waals surface area contributed by atoms with Crippen LogP contribution in [0.5, 0.6) is 0 Å². The summed E-state index contributed by atoms with van der Waals surface area (Å²) in [5.41, 5.74) is 3.77. The number of nitrogens with zero attached hydrogens (tertiary/aromatic N) is 3. The molecule has 7 heteroatoms. The van der Waals surface area contributed by atoms with E-state index < -0.39 is 10.2 Å². The number of piperidine rings is 1. The van der Waals surface area contributed by atoms with Crippen molar-refractivity contribution in [2.45, 2.75) is 24.9 Å². The van der Waals surface area contributed by atoms with Crippen LogP contribution in [-0.4, -0.2) is 41.4 Å². The van der Waals surface area contributed by atoms with Crippen molar-refractivity contribution in [3.63, 3.8) is 0 Å². The van der Waals surface area contributed by atoms with Crippen LogP contribution in [0.3, 0.4) is 0 Å². The minimum Gasteiger partial charge on any atom is -0.323 e. The molecule has 2 saturated heterocycles. The Hall–Kier alpha value is -1.70. The molecule has 2 fully saturated rings. The van der Waals surface area contributed by atoms with Gasteiger partial charge in [0.1, 0.15) is 0 Å². The molecule has 0 bridgehead atoms. The van der Waals surface area contributed by atoms with Gasteiger partial charge in [-0.3, -0.25) is 0 Å². The van der Waals surface area contributed by atoms with Gasteiger partial charge in [-0.25, -0.2) is 9.71 Å². The number of benzene rings is 1. The van der Waals surface area contributed by atoms with E-state index in [0.717, 1.165) is 12.8 Å². The van der Waals surface area contributed by atoms with Crippen LogP contribution in [0.1, 0.15) is 24.4 Å². The third-order valence-electron chi connectivity index (χ3n) is 5.48. The number of nitrogens with one attached hydrogen (secondary N) is 1. The van der Waals surface area contributed by atoms with E-state index in [-0.39, 0.29) is 12.1 Å². The average molecular weight is 330 g/mol. The first-order chi connectivity index (χ1) is 11.1. The summed E-state index contributed by atoms with van der Waals surface area (Å²) in [4.78, 5) is 4.32. The lowest BCUT2D eigenvalue weighted by molar-refractivity contribution is 0.186. The Morgan fingerprint density at radius 3 is 3.04 bits per heavy atom. The van der Waals surface area contributed by atoms with Gasteiger partial charge in [0.2, 0.25) is 0 Å².